The smallest absolute Gasteiger partial charge is 0.357 e. The van der Waals surface area contributed by atoms with Gasteiger partial charge in [-0.1, -0.05) is 19.8 Å². The fourth-order valence-electron chi connectivity index (χ4n) is 1.72. The topological polar surface area (TPSA) is 113 Å². The zero-order valence-corrected chi connectivity index (χ0v) is 12.3. The molecule has 0 unspecified atom stereocenters. The Morgan fingerprint density at radius 2 is 2.24 bits per heavy atom. The molecule has 0 radical (unpaired) electrons. The first kappa shape index (κ1) is 16.9. The average molecular weight is 294 g/mol. The van der Waals surface area contributed by atoms with Gasteiger partial charge in [-0.05, 0) is 24.6 Å². The van der Waals surface area contributed by atoms with Gasteiger partial charge in [-0.2, -0.15) is 5.10 Å². The molecule has 0 bridgehead atoms. The van der Waals surface area contributed by atoms with Crippen LogP contribution in [0.4, 0.5) is 5.69 Å². The van der Waals surface area contributed by atoms with E-state index in [1.54, 1.807) is 25.2 Å². The van der Waals surface area contributed by atoms with Crippen LogP contribution < -0.4 is 11.2 Å². The molecular formula is C14H22N4O3. The number of hydrogen-bond donors (Lipinski definition) is 4. The standard InChI is InChI=1S/C8H7N3O2.C6H15NO/c9-4-1-2-6-5(3-4)7(8(12)13)11-10-6;1-3-4-5-6-8-7-2/h1-3H,9H2,(H,10,11)(H,12,13);7H,3-6H2,1-2H3. The lowest BCUT2D eigenvalue weighted by molar-refractivity contribution is 0.0552. The maximum Gasteiger partial charge on any atom is 0.357 e. The van der Waals surface area contributed by atoms with E-state index in [4.69, 9.17) is 15.7 Å². The number of hydroxylamine groups is 1. The molecule has 0 saturated carbocycles. The number of nitrogens with zero attached hydrogens (tertiary/aromatic N) is 1. The number of aromatic nitrogens is 2. The highest BCUT2D eigenvalue weighted by Gasteiger charge is 2.11. The van der Waals surface area contributed by atoms with Crippen LogP contribution in [-0.2, 0) is 4.84 Å². The van der Waals surface area contributed by atoms with Crippen LogP contribution in [0.25, 0.3) is 10.9 Å². The number of nitrogens with one attached hydrogen (secondary N) is 2. The summed E-state index contributed by atoms with van der Waals surface area (Å²) in [6, 6.07) is 4.97. The van der Waals surface area contributed by atoms with Crippen LogP contribution in [-0.4, -0.2) is 34.9 Å². The highest BCUT2D eigenvalue weighted by molar-refractivity contribution is 6.01. The summed E-state index contributed by atoms with van der Waals surface area (Å²) in [4.78, 5) is 15.5. The van der Waals surface area contributed by atoms with Gasteiger partial charge in [0.05, 0.1) is 12.1 Å². The molecule has 7 heteroatoms. The molecule has 1 aromatic heterocycles. The zero-order chi connectivity index (χ0) is 15.7. The number of aromatic amines is 1. The lowest BCUT2D eigenvalue weighted by atomic mass is 10.2. The maximum absolute atomic E-state index is 10.7. The largest absolute Gasteiger partial charge is 0.476 e. The predicted octanol–water partition coefficient (Wildman–Crippen LogP) is 2.17. The van der Waals surface area contributed by atoms with Crippen molar-refractivity contribution >= 4 is 22.6 Å². The Bertz CT molecular complexity index is 562. The van der Waals surface area contributed by atoms with Crippen LogP contribution in [0.5, 0.6) is 0 Å². The van der Waals surface area contributed by atoms with Crippen molar-refractivity contribution < 1.29 is 14.7 Å². The Morgan fingerprint density at radius 1 is 1.48 bits per heavy atom. The number of aromatic carboxylic acids is 1. The van der Waals surface area contributed by atoms with Gasteiger partial charge in [0.2, 0.25) is 0 Å². The molecule has 2 rings (SSSR count). The summed E-state index contributed by atoms with van der Waals surface area (Å²) >= 11 is 0. The van der Waals surface area contributed by atoms with Gasteiger partial charge in [0.25, 0.3) is 0 Å². The lowest BCUT2D eigenvalue weighted by Crippen LogP contribution is -2.07. The average Bonchev–Trinajstić information content (AvgIpc) is 2.87. The summed E-state index contributed by atoms with van der Waals surface area (Å²) in [5.74, 6) is -1.06. The fourth-order valence-corrected chi connectivity index (χ4v) is 1.72. The molecule has 0 aliphatic heterocycles. The van der Waals surface area contributed by atoms with Crippen LogP contribution in [0, 0.1) is 0 Å². The van der Waals surface area contributed by atoms with Crippen molar-refractivity contribution in [2.75, 3.05) is 19.4 Å². The van der Waals surface area contributed by atoms with E-state index in [1.807, 2.05) is 0 Å². The normalized spacial score (nSPS) is 10.2. The van der Waals surface area contributed by atoms with Gasteiger partial charge in [-0.25, -0.2) is 10.3 Å². The molecule has 0 saturated heterocycles. The SMILES string of the molecule is CCCCCONC.Nc1ccc2[nH]nc(C(=O)O)c2c1. The Morgan fingerprint density at radius 3 is 2.86 bits per heavy atom. The van der Waals surface area contributed by atoms with Crippen molar-refractivity contribution in [1.29, 1.82) is 0 Å². The van der Waals surface area contributed by atoms with Crippen LogP contribution >= 0.6 is 0 Å². The Kier molecular flexibility index (Phi) is 7.20. The molecule has 0 fully saturated rings. The number of benzene rings is 1. The Balaban J connectivity index is 0.000000240. The number of rotatable bonds is 6. The highest BCUT2D eigenvalue weighted by Crippen LogP contribution is 2.18. The number of fused-ring (bicyclic) bond motifs is 1. The summed E-state index contributed by atoms with van der Waals surface area (Å²) < 4.78 is 0. The van der Waals surface area contributed by atoms with Crippen LogP contribution in [0.1, 0.15) is 36.7 Å². The molecule has 7 nitrogen and oxygen atoms in total. The quantitative estimate of drug-likeness (QED) is 0.369. The molecule has 0 spiro atoms. The number of nitrogens with two attached hydrogens (primary N) is 1. The Hall–Kier alpha value is -2.12. The van der Waals surface area contributed by atoms with Crippen LogP contribution in [0.3, 0.4) is 0 Å². The Labute approximate surface area is 123 Å². The third-order valence-electron chi connectivity index (χ3n) is 2.78. The molecule has 1 heterocycles. The van der Waals surface area contributed by atoms with E-state index < -0.39 is 5.97 Å². The lowest BCUT2D eigenvalue weighted by Gasteiger charge is -1.97. The van der Waals surface area contributed by atoms with Crippen molar-refractivity contribution in [3.8, 4) is 0 Å². The molecular weight excluding hydrogens is 272 g/mol. The molecule has 2 aromatic rings. The van der Waals surface area contributed by atoms with Crippen molar-refractivity contribution in [1.82, 2.24) is 15.7 Å². The van der Waals surface area contributed by atoms with E-state index in [2.05, 4.69) is 22.6 Å². The first-order chi connectivity index (χ1) is 10.1. The molecule has 0 amide bonds. The number of carboxylic acid groups (broad SMARTS) is 1. The molecule has 0 aliphatic rings. The number of anilines is 1. The number of unbranched alkanes of at least 4 members (excludes halogenated alkanes) is 2. The van der Waals surface area contributed by atoms with Crippen molar-refractivity contribution in [2.45, 2.75) is 26.2 Å². The van der Waals surface area contributed by atoms with Gasteiger partial charge in [0, 0.05) is 18.1 Å². The molecule has 0 aliphatic carbocycles. The van der Waals surface area contributed by atoms with Gasteiger partial charge in [-0.3, -0.25) is 5.10 Å². The second kappa shape index (κ2) is 8.93. The van der Waals surface area contributed by atoms with Crippen LogP contribution in [0.15, 0.2) is 18.2 Å². The third kappa shape index (κ3) is 5.41. The van der Waals surface area contributed by atoms with Crippen molar-refractivity contribution in [3.63, 3.8) is 0 Å². The zero-order valence-electron chi connectivity index (χ0n) is 12.3. The summed E-state index contributed by atoms with van der Waals surface area (Å²) in [5.41, 5.74) is 9.34. The van der Waals surface area contributed by atoms with E-state index >= 15 is 0 Å². The number of H-pyrrole nitrogens is 1. The molecule has 1 aromatic carbocycles. The highest BCUT2D eigenvalue weighted by atomic mass is 16.6. The van der Waals surface area contributed by atoms with Gasteiger partial charge in [0.15, 0.2) is 5.69 Å². The van der Waals surface area contributed by atoms with Crippen molar-refractivity contribution in [2.24, 2.45) is 0 Å². The minimum atomic E-state index is -1.06. The minimum absolute atomic E-state index is 0.00213. The van der Waals surface area contributed by atoms with Gasteiger partial charge in [-0.15, -0.1) is 0 Å². The number of hydrogen-bond acceptors (Lipinski definition) is 5. The summed E-state index contributed by atoms with van der Waals surface area (Å²) in [6.07, 6.45) is 3.69. The number of carboxylic acids is 1. The summed E-state index contributed by atoms with van der Waals surface area (Å²) in [5, 5.41) is 15.5. The first-order valence-electron chi connectivity index (χ1n) is 6.85. The van der Waals surface area contributed by atoms with Crippen molar-refractivity contribution in [3.05, 3.63) is 23.9 Å². The number of nitrogen functional groups attached to an aromatic ring is 1. The minimum Gasteiger partial charge on any atom is -0.476 e. The fraction of sp³-hybridized carbons (Fsp3) is 0.429. The second-order valence-electron chi connectivity index (χ2n) is 4.44. The molecule has 21 heavy (non-hydrogen) atoms. The molecule has 5 N–H and O–H groups in total. The van der Waals surface area contributed by atoms with Gasteiger partial charge in [0.1, 0.15) is 0 Å². The van der Waals surface area contributed by atoms with E-state index in [1.165, 1.54) is 12.8 Å². The maximum atomic E-state index is 10.7. The summed E-state index contributed by atoms with van der Waals surface area (Å²) in [6.45, 7) is 3.02. The second-order valence-corrected chi connectivity index (χ2v) is 4.44. The number of carbonyl (C=O) groups is 1. The monoisotopic (exact) mass is 294 g/mol. The molecule has 116 valence electrons. The van der Waals surface area contributed by atoms with E-state index in [0.717, 1.165) is 13.0 Å². The van der Waals surface area contributed by atoms with E-state index in [-0.39, 0.29) is 5.69 Å². The van der Waals surface area contributed by atoms with Gasteiger partial charge < -0.3 is 15.7 Å². The predicted molar refractivity (Wildman–Crippen MR) is 82.0 cm³/mol. The van der Waals surface area contributed by atoms with E-state index in [0.29, 0.717) is 16.6 Å². The molecule has 0 atom stereocenters. The third-order valence-corrected chi connectivity index (χ3v) is 2.78. The van der Waals surface area contributed by atoms with Crippen LogP contribution in [0.2, 0.25) is 0 Å². The summed E-state index contributed by atoms with van der Waals surface area (Å²) in [7, 11) is 1.78. The van der Waals surface area contributed by atoms with E-state index in [9.17, 15) is 4.79 Å². The van der Waals surface area contributed by atoms with Gasteiger partial charge >= 0.3 is 5.97 Å². The first-order valence-corrected chi connectivity index (χ1v) is 6.85.